The number of carboxylic acids is 1. The highest BCUT2D eigenvalue weighted by molar-refractivity contribution is 5.74. The van der Waals surface area contributed by atoms with Crippen LogP contribution in [-0.4, -0.2) is 85.1 Å². The molecule has 162 valence electrons. The summed E-state index contributed by atoms with van der Waals surface area (Å²) in [6.07, 6.45) is 2.17. The Balaban J connectivity index is 0.000000345. The molecule has 28 heavy (non-hydrogen) atoms. The van der Waals surface area contributed by atoms with Crippen molar-refractivity contribution in [1.82, 2.24) is 15.1 Å². The van der Waals surface area contributed by atoms with Gasteiger partial charge in [0.1, 0.15) is 0 Å². The van der Waals surface area contributed by atoms with E-state index in [1.807, 2.05) is 0 Å². The van der Waals surface area contributed by atoms with E-state index in [1.165, 1.54) is 25.8 Å². The molecule has 2 atom stereocenters. The van der Waals surface area contributed by atoms with E-state index in [0.29, 0.717) is 0 Å². The van der Waals surface area contributed by atoms with Gasteiger partial charge in [-0.2, -0.15) is 13.2 Å². The molecule has 7 nitrogen and oxygen atoms in total. The number of urea groups is 1. The van der Waals surface area contributed by atoms with E-state index in [2.05, 4.69) is 10.2 Å². The molecule has 10 heteroatoms. The number of rotatable bonds is 3. The number of likely N-dealkylation sites (tertiary alicyclic amines) is 1. The molecule has 0 aromatic heterocycles. The van der Waals surface area contributed by atoms with Crippen molar-refractivity contribution < 1.29 is 32.6 Å². The van der Waals surface area contributed by atoms with Crippen molar-refractivity contribution in [3.8, 4) is 0 Å². The van der Waals surface area contributed by atoms with Crippen molar-refractivity contribution >= 4 is 12.0 Å². The Bertz CT molecular complexity index is 555. The molecule has 1 aliphatic carbocycles. The number of hydrogen-bond donors (Lipinski definition) is 2. The van der Waals surface area contributed by atoms with Gasteiger partial charge in [-0.15, -0.1) is 0 Å². The van der Waals surface area contributed by atoms with Gasteiger partial charge in [0.2, 0.25) is 0 Å². The van der Waals surface area contributed by atoms with Gasteiger partial charge >= 0.3 is 18.2 Å². The molecule has 0 bridgehead atoms. The van der Waals surface area contributed by atoms with Gasteiger partial charge in [0.25, 0.3) is 0 Å². The van der Waals surface area contributed by atoms with E-state index >= 15 is 0 Å². The highest BCUT2D eigenvalue weighted by atomic mass is 19.4. The Hall–Kier alpha value is -1.55. The average Bonchev–Trinajstić information content (AvgIpc) is 2.93. The summed E-state index contributed by atoms with van der Waals surface area (Å²) in [4.78, 5) is 24.9. The fourth-order valence-corrected chi connectivity index (χ4v) is 3.86. The summed E-state index contributed by atoms with van der Waals surface area (Å²) in [5.74, 6) is -1.83. The quantitative estimate of drug-likeness (QED) is 0.748. The van der Waals surface area contributed by atoms with E-state index in [9.17, 15) is 18.0 Å². The number of halogens is 3. The summed E-state index contributed by atoms with van der Waals surface area (Å²) in [6.45, 7) is 4.23. The summed E-state index contributed by atoms with van der Waals surface area (Å²) in [7, 11) is 3.58. The molecule has 3 rings (SSSR count). The second-order valence-corrected chi connectivity index (χ2v) is 8.15. The van der Waals surface area contributed by atoms with Crippen molar-refractivity contribution in [3.63, 3.8) is 0 Å². The fourth-order valence-electron chi connectivity index (χ4n) is 3.86. The predicted octanol–water partition coefficient (Wildman–Crippen LogP) is 2.31. The van der Waals surface area contributed by atoms with Crippen molar-refractivity contribution in [2.24, 2.45) is 5.92 Å². The van der Waals surface area contributed by atoms with Crippen LogP contribution in [-0.2, 0) is 9.53 Å². The summed E-state index contributed by atoms with van der Waals surface area (Å²) in [5.41, 5.74) is -0.00768. The fraction of sp³-hybridized carbons (Fsp3) is 0.889. The number of carbonyl (C=O) groups excluding carboxylic acids is 1. The van der Waals surface area contributed by atoms with Gasteiger partial charge in [-0.25, -0.2) is 9.59 Å². The normalized spacial score (nSPS) is 28.2. The number of carboxylic acid groups (broad SMARTS) is 1. The number of ether oxygens (including phenoxy) is 1. The lowest BCUT2D eigenvalue weighted by atomic mass is 9.85. The maximum atomic E-state index is 11.8. The number of aliphatic carboxylic acids is 1. The third-order valence-corrected chi connectivity index (χ3v) is 5.61. The summed E-state index contributed by atoms with van der Waals surface area (Å²) in [5, 5.41) is 10.3. The first-order valence-electron chi connectivity index (χ1n) is 9.65. The molecule has 2 saturated heterocycles. The molecule has 2 aliphatic heterocycles. The largest absolute Gasteiger partial charge is 0.490 e. The van der Waals surface area contributed by atoms with Crippen LogP contribution in [0.2, 0.25) is 0 Å². The van der Waals surface area contributed by atoms with Crippen LogP contribution in [0.4, 0.5) is 18.0 Å². The van der Waals surface area contributed by atoms with Gasteiger partial charge in [-0.05, 0) is 38.0 Å². The van der Waals surface area contributed by atoms with Crippen LogP contribution in [0.5, 0.6) is 0 Å². The van der Waals surface area contributed by atoms with Gasteiger partial charge in [-0.1, -0.05) is 6.42 Å². The first-order valence-corrected chi connectivity index (χ1v) is 9.65. The van der Waals surface area contributed by atoms with Crippen LogP contribution in [0.25, 0.3) is 0 Å². The highest BCUT2D eigenvalue weighted by Crippen LogP contribution is 2.36. The molecule has 1 spiro atoms. The zero-order chi connectivity index (χ0) is 20.9. The van der Waals surface area contributed by atoms with Crippen LogP contribution in [0.15, 0.2) is 0 Å². The van der Waals surface area contributed by atoms with Gasteiger partial charge in [0.15, 0.2) is 0 Å². The zero-order valence-corrected chi connectivity index (χ0v) is 16.4. The van der Waals surface area contributed by atoms with Gasteiger partial charge in [0.05, 0.1) is 5.60 Å². The SMILES string of the molecule is CN(C)C(=O)N[C@H]1CCO[C@]2(CCN(CC3CCC3)C2)C1.O=C(O)C(F)(F)F. The van der Waals surface area contributed by atoms with E-state index in [-0.39, 0.29) is 17.7 Å². The molecular weight excluding hydrogens is 379 g/mol. The monoisotopic (exact) mass is 409 g/mol. The van der Waals surface area contributed by atoms with Gasteiger partial charge in [-0.3, -0.25) is 0 Å². The van der Waals surface area contributed by atoms with Gasteiger partial charge in [0, 0.05) is 46.4 Å². The smallest absolute Gasteiger partial charge is 0.475 e. The maximum Gasteiger partial charge on any atom is 0.490 e. The van der Waals surface area contributed by atoms with Gasteiger partial charge < -0.3 is 25.0 Å². The average molecular weight is 409 g/mol. The summed E-state index contributed by atoms with van der Waals surface area (Å²) in [6, 6.07) is 0.277. The van der Waals surface area contributed by atoms with Crippen LogP contribution >= 0.6 is 0 Å². The molecule has 3 aliphatic rings. The number of alkyl halides is 3. The van der Waals surface area contributed by atoms with Crippen molar-refractivity contribution in [2.75, 3.05) is 40.3 Å². The van der Waals surface area contributed by atoms with E-state index in [1.54, 1.807) is 19.0 Å². The minimum absolute atomic E-state index is 0.00768. The van der Waals surface area contributed by atoms with E-state index < -0.39 is 12.1 Å². The standard InChI is InChI=1S/C16H29N3O2.C2HF3O2/c1-18(2)15(20)17-14-6-9-21-16(10-14)7-8-19(12-16)11-13-4-3-5-13;3-2(4,5)1(6)7/h13-14H,3-12H2,1-2H3,(H,17,20);(H,6,7)/t14-,16+;/m0./s1. The Labute approximate surface area is 163 Å². The molecule has 0 aromatic carbocycles. The number of nitrogens with zero attached hydrogens (tertiary/aromatic N) is 2. The molecule has 0 unspecified atom stereocenters. The Morgan fingerprint density at radius 2 is 1.93 bits per heavy atom. The minimum Gasteiger partial charge on any atom is -0.475 e. The second kappa shape index (κ2) is 9.30. The molecule has 2 heterocycles. The number of amides is 2. The highest BCUT2D eigenvalue weighted by Gasteiger charge is 2.44. The molecule has 0 aromatic rings. The lowest BCUT2D eigenvalue weighted by Gasteiger charge is -2.39. The minimum atomic E-state index is -5.08. The molecule has 0 radical (unpaired) electrons. The lowest BCUT2D eigenvalue weighted by Crippen LogP contribution is -2.51. The molecule has 1 saturated carbocycles. The van der Waals surface area contributed by atoms with Crippen LogP contribution in [0, 0.1) is 5.92 Å². The number of nitrogens with one attached hydrogen (secondary N) is 1. The Morgan fingerprint density at radius 3 is 2.43 bits per heavy atom. The topological polar surface area (TPSA) is 82.1 Å². The number of carbonyl (C=O) groups is 2. The Kier molecular flexibility index (Phi) is 7.55. The zero-order valence-electron chi connectivity index (χ0n) is 16.4. The number of hydrogen-bond acceptors (Lipinski definition) is 4. The third-order valence-electron chi connectivity index (χ3n) is 5.61. The van der Waals surface area contributed by atoms with Crippen molar-refractivity contribution in [1.29, 1.82) is 0 Å². The van der Waals surface area contributed by atoms with Crippen molar-refractivity contribution in [3.05, 3.63) is 0 Å². The second-order valence-electron chi connectivity index (χ2n) is 8.15. The van der Waals surface area contributed by atoms with Crippen LogP contribution < -0.4 is 5.32 Å². The van der Waals surface area contributed by atoms with Crippen molar-refractivity contribution in [2.45, 2.75) is 56.3 Å². The molecule has 2 N–H and O–H groups in total. The molecular formula is C18H30F3N3O4. The first kappa shape index (κ1) is 22.7. The van der Waals surface area contributed by atoms with E-state index in [0.717, 1.165) is 44.9 Å². The third kappa shape index (κ3) is 6.51. The first-order chi connectivity index (χ1) is 13.0. The van der Waals surface area contributed by atoms with Crippen LogP contribution in [0.3, 0.4) is 0 Å². The predicted molar refractivity (Wildman–Crippen MR) is 96.0 cm³/mol. The molecule has 2 amide bonds. The molecule has 3 fully saturated rings. The van der Waals surface area contributed by atoms with E-state index in [4.69, 9.17) is 14.6 Å². The Morgan fingerprint density at radius 1 is 1.29 bits per heavy atom. The summed E-state index contributed by atoms with van der Waals surface area (Å²) < 4.78 is 37.9. The summed E-state index contributed by atoms with van der Waals surface area (Å²) >= 11 is 0. The lowest BCUT2D eigenvalue weighted by molar-refractivity contribution is -0.192. The van der Waals surface area contributed by atoms with Crippen LogP contribution in [0.1, 0.15) is 38.5 Å². The maximum absolute atomic E-state index is 11.8.